The molecule has 0 saturated carbocycles. The van der Waals surface area contributed by atoms with E-state index in [2.05, 4.69) is 17.4 Å². The van der Waals surface area contributed by atoms with Gasteiger partial charge in [-0.1, -0.05) is 72.8 Å². The molecule has 2 amide bonds. The van der Waals surface area contributed by atoms with Crippen molar-refractivity contribution in [3.63, 3.8) is 0 Å². The van der Waals surface area contributed by atoms with Gasteiger partial charge in [-0.15, -0.1) is 0 Å². The van der Waals surface area contributed by atoms with E-state index in [1.54, 1.807) is 0 Å². The maximum Gasteiger partial charge on any atom is 0.238 e. The molecular weight excluding hydrogens is 374 g/mol. The number of anilines is 1. The van der Waals surface area contributed by atoms with Gasteiger partial charge in [0.25, 0.3) is 0 Å². The molecule has 3 N–H and O–H groups in total. The Bertz CT molecular complexity index is 1050. The first-order valence-corrected chi connectivity index (χ1v) is 10.1. The summed E-state index contributed by atoms with van der Waals surface area (Å²) in [6.07, 6.45) is 1.27. The van der Waals surface area contributed by atoms with Gasteiger partial charge in [0.15, 0.2) is 0 Å². The zero-order valence-electron chi connectivity index (χ0n) is 16.8. The van der Waals surface area contributed by atoms with Crippen LogP contribution in [0.4, 0.5) is 5.69 Å². The Balaban J connectivity index is 1.48. The van der Waals surface area contributed by atoms with Crippen LogP contribution in [-0.4, -0.2) is 29.3 Å². The molecule has 152 valence electrons. The third kappa shape index (κ3) is 4.58. The molecule has 0 unspecified atom stereocenters. The highest BCUT2D eigenvalue weighted by atomic mass is 16.2. The average molecular weight is 399 g/mol. The number of hydrogen-bond donors (Lipinski definition) is 2. The summed E-state index contributed by atoms with van der Waals surface area (Å²) in [7, 11) is 0. The number of nitrogens with zero attached hydrogens (tertiary/aromatic N) is 1. The predicted octanol–water partition coefficient (Wildman–Crippen LogP) is 3.13. The number of hydrogen-bond acceptors (Lipinski definition) is 3. The smallest absolute Gasteiger partial charge is 0.238 e. The van der Waals surface area contributed by atoms with Crippen molar-refractivity contribution in [1.29, 1.82) is 0 Å². The van der Waals surface area contributed by atoms with Gasteiger partial charge in [-0.3, -0.25) is 14.5 Å². The number of nitrogens with one attached hydrogen (secondary N) is 1. The molecule has 0 aromatic heterocycles. The number of primary amides is 1. The number of para-hydroxylation sites is 1. The maximum absolute atomic E-state index is 12.9. The first-order chi connectivity index (χ1) is 14.6. The van der Waals surface area contributed by atoms with Crippen molar-refractivity contribution < 1.29 is 9.59 Å². The number of rotatable bonds is 6. The van der Waals surface area contributed by atoms with Crippen molar-refractivity contribution in [2.45, 2.75) is 25.4 Å². The van der Waals surface area contributed by atoms with E-state index >= 15 is 0 Å². The Hall–Kier alpha value is -3.44. The fourth-order valence-corrected chi connectivity index (χ4v) is 4.01. The molecule has 0 spiro atoms. The maximum atomic E-state index is 12.9. The molecule has 0 fully saturated rings. The van der Waals surface area contributed by atoms with Gasteiger partial charge in [-0.2, -0.15) is 0 Å². The molecule has 1 aliphatic rings. The van der Waals surface area contributed by atoms with Crippen LogP contribution in [0.3, 0.4) is 0 Å². The highest BCUT2D eigenvalue weighted by molar-refractivity contribution is 5.93. The van der Waals surface area contributed by atoms with Gasteiger partial charge in [0.2, 0.25) is 11.8 Å². The van der Waals surface area contributed by atoms with Crippen molar-refractivity contribution in [3.8, 4) is 0 Å². The molecule has 4 rings (SSSR count). The quantitative estimate of drug-likeness (QED) is 0.669. The van der Waals surface area contributed by atoms with Gasteiger partial charge in [-0.05, 0) is 41.2 Å². The standard InChI is InChI=1S/C25H25N3O2/c26-25(30)23-15-19-10-4-5-12-21(19)16-28(23)17-24(29)27-22-13-7-6-11-20(22)14-18-8-2-1-3-9-18/h1-13,23H,14-17H2,(H2,26,30)(H,27,29)/t23-/m0/s1. The van der Waals surface area contributed by atoms with Crippen LogP contribution < -0.4 is 11.1 Å². The van der Waals surface area contributed by atoms with Gasteiger partial charge >= 0.3 is 0 Å². The molecule has 5 heteroatoms. The highest BCUT2D eigenvalue weighted by Gasteiger charge is 2.31. The molecule has 30 heavy (non-hydrogen) atoms. The van der Waals surface area contributed by atoms with Gasteiger partial charge in [0.05, 0.1) is 12.6 Å². The lowest BCUT2D eigenvalue weighted by Crippen LogP contribution is -2.50. The molecule has 3 aromatic rings. The van der Waals surface area contributed by atoms with Crippen LogP contribution in [-0.2, 0) is 29.0 Å². The Kier molecular flexibility index (Phi) is 5.91. The largest absolute Gasteiger partial charge is 0.368 e. The van der Waals surface area contributed by atoms with Gasteiger partial charge < -0.3 is 11.1 Å². The summed E-state index contributed by atoms with van der Waals surface area (Å²) < 4.78 is 0. The number of benzene rings is 3. The summed E-state index contributed by atoms with van der Waals surface area (Å²) in [5.41, 5.74) is 10.9. The Morgan fingerprint density at radius 2 is 1.57 bits per heavy atom. The minimum absolute atomic E-state index is 0.113. The van der Waals surface area contributed by atoms with Crippen LogP contribution in [0.25, 0.3) is 0 Å². The number of fused-ring (bicyclic) bond motifs is 1. The van der Waals surface area contributed by atoms with E-state index in [1.165, 1.54) is 5.56 Å². The zero-order chi connectivity index (χ0) is 20.9. The second-order valence-electron chi connectivity index (χ2n) is 7.66. The summed E-state index contributed by atoms with van der Waals surface area (Å²) >= 11 is 0. The van der Waals surface area contributed by atoms with E-state index in [1.807, 2.05) is 71.6 Å². The van der Waals surface area contributed by atoms with Crippen molar-refractivity contribution >= 4 is 17.5 Å². The summed E-state index contributed by atoms with van der Waals surface area (Å²) in [4.78, 5) is 26.7. The zero-order valence-corrected chi connectivity index (χ0v) is 16.8. The van der Waals surface area contributed by atoms with Gasteiger partial charge in [-0.25, -0.2) is 0 Å². The van der Waals surface area contributed by atoms with E-state index in [4.69, 9.17) is 5.73 Å². The van der Waals surface area contributed by atoms with Crippen molar-refractivity contribution in [2.24, 2.45) is 5.73 Å². The lowest BCUT2D eigenvalue weighted by atomic mass is 9.93. The number of carbonyl (C=O) groups is 2. The normalized spacial score (nSPS) is 15.9. The topological polar surface area (TPSA) is 75.4 Å². The van der Waals surface area contributed by atoms with E-state index < -0.39 is 11.9 Å². The predicted molar refractivity (Wildman–Crippen MR) is 118 cm³/mol. The molecule has 0 radical (unpaired) electrons. The Labute approximate surface area is 176 Å². The van der Waals surface area contributed by atoms with Gasteiger partial charge in [0.1, 0.15) is 0 Å². The van der Waals surface area contributed by atoms with Gasteiger partial charge in [0, 0.05) is 12.2 Å². The van der Waals surface area contributed by atoms with Crippen LogP contribution in [0.1, 0.15) is 22.3 Å². The number of nitrogens with two attached hydrogens (primary N) is 1. The molecule has 1 aliphatic heterocycles. The molecule has 3 aromatic carbocycles. The van der Waals surface area contributed by atoms with E-state index in [0.717, 1.165) is 28.8 Å². The SMILES string of the molecule is NC(=O)[C@@H]1Cc2ccccc2CN1CC(=O)Nc1ccccc1Cc1ccccc1. The Morgan fingerprint density at radius 3 is 2.33 bits per heavy atom. The molecule has 0 bridgehead atoms. The van der Waals surface area contributed by atoms with Crippen LogP contribution >= 0.6 is 0 Å². The first-order valence-electron chi connectivity index (χ1n) is 10.1. The fraction of sp³-hybridized carbons (Fsp3) is 0.200. The minimum atomic E-state index is -0.481. The van der Waals surface area contributed by atoms with Crippen LogP contribution in [0.5, 0.6) is 0 Å². The molecule has 1 atom stereocenters. The minimum Gasteiger partial charge on any atom is -0.368 e. The van der Waals surface area contributed by atoms with E-state index in [9.17, 15) is 9.59 Å². The molecule has 1 heterocycles. The van der Waals surface area contributed by atoms with Crippen LogP contribution in [0.2, 0.25) is 0 Å². The summed E-state index contributed by atoms with van der Waals surface area (Å²) in [5, 5.41) is 3.03. The Morgan fingerprint density at radius 1 is 0.900 bits per heavy atom. The molecule has 0 aliphatic carbocycles. The van der Waals surface area contributed by atoms with Crippen molar-refractivity contribution in [1.82, 2.24) is 4.90 Å². The van der Waals surface area contributed by atoms with Crippen LogP contribution in [0, 0.1) is 0 Å². The lowest BCUT2D eigenvalue weighted by Gasteiger charge is -2.34. The molecule has 0 saturated heterocycles. The summed E-state index contributed by atoms with van der Waals surface area (Å²) in [5.74, 6) is -0.553. The lowest BCUT2D eigenvalue weighted by molar-refractivity contribution is -0.125. The monoisotopic (exact) mass is 399 g/mol. The van der Waals surface area contributed by atoms with Crippen molar-refractivity contribution in [3.05, 3.63) is 101 Å². The van der Waals surface area contributed by atoms with Crippen molar-refractivity contribution in [2.75, 3.05) is 11.9 Å². The first kappa shape index (κ1) is 19.9. The van der Waals surface area contributed by atoms with E-state index in [-0.39, 0.29) is 12.5 Å². The third-order valence-electron chi connectivity index (χ3n) is 5.55. The summed E-state index contributed by atoms with van der Waals surface area (Å²) in [6.45, 7) is 0.643. The highest BCUT2D eigenvalue weighted by Crippen LogP contribution is 2.24. The number of carbonyl (C=O) groups excluding carboxylic acids is 2. The molecule has 5 nitrogen and oxygen atoms in total. The second-order valence-corrected chi connectivity index (χ2v) is 7.66. The molecular formula is C25H25N3O2. The van der Waals surface area contributed by atoms with E-state index in [0.29, 0.717) is 13.0 Å². The average Bonchev–Trinajstić information content (AvgIpc) is 2.75. The summed E-state index contributed by atoms with van der Waals surface area (Å²) in [6, 6.07) is 25.5. The second kappa shape index (κ2) is 8.93. The van der Waals surface area contributed by atoms with Crippen LogP contribution in [0.15, 0.2) is 78.9 Å². The number of amides is 2. The fourth-order valence-electron chi connectivity index (χ4n) is 4.01. The third-order valence-corrected chi connectivity index (χ3v) is 5.55.